The van der Waals surface area contributed by atoms with Crippen molar-refractivity contribution in [2.45, 2.75) is 44.5 Å². The van der Waals surface area contributed by atoms with E-state index in [1.54, 1.807) is 6.26 Å². The van der Waals surface area contributed by atoms with Gasteiger partial charge >= 0.3 is 0 Å². The highest BCUT2D eigenvalue weighted by Gasteiger charge is 2.23. The van der Waals surface area contributed by atoms with E-state index in [0.717, 1.165) is 36.6 Å². The number of nitrogens with one attached hydrogen (secondary N) is 1. The first-order chi connectivity index (χ1) is 15.2. The van der Waals surface area contributed by atoms with Crippen LogP contribution in [0.25, 0.3) is 11.4 Å². The molecule has 1 atom stereocenters. The minimum Gasteiger partial charge on any atom is -0.492 e. The first-order valence-corrected chi connectivity index (χ1v) is 11.4. The van der Waals surface area contributed by atoms with Gasteiger partial charge in [-0.1, -0.05) is 23.9 Å². The smallest absolute Gasteiger partial charge is 0.234 e. The first-order valence-electron chi connectivity index (χ1n) is 10.4. The van der Waals surface area contributed by atoms with Gasteiger partial charge in [-0.2, -0.15) is 0 Å². The highest BCUT2D eigenvalue weighted by molar-refractivity contribution is 7.99. The van der Waals surface area contributed by atoms with Gasteiger partial charge in [-0.25, -0.2) is 0 Å². The zero-order valence-electron chi connectivity index (χ0n) is 17.7. The molecule has 4 rings (SSSR count). The van der Waals surface area contributed by atoms with Gasteiger partial charge in [-0.15, -0.1) is 10.2 Å². The molecule has 1 aliphatic rings. The Balaban J connectivity index is 1.48. The largest absolute Gasteiger partial charge is 0.492 e. The number of ether oxygens (including phenoxy) is 2. The Kier molecular flexibility index (Phi) is 6.93. The molecule has 0 radical (unpaired) electrons. The fourth-order valence-corrected chi connectivity index (χ4v) is 4.28. The van der Waals surface area contributed by atoms with Gasteiger partial charge in [0, 0.05) is 6.61 Å². The van der Waals surface area contributed by atoms with Crippen LogP contribution in [0.5, 0.6) is 5.75 Å². The normalized spacial score (nSPS) is 15.9. The Morgan fingerprint density at radius 1 is 1.32 bits per heavy atom. The van der Waals surface area contributed by atoms with Gasteiger partial charge in [0.2, 0.25) is 5.91 Å². The van der Waals surface area contributed by atoms with Crippen molar-refractivity contribution in [3.8, 4) is 17.1 Å². The lowest BCUT2D eigenvalue weighted by Gasteiger charge is -2.14. The van der Waals surface area contributed by atoms with Crippen LogP contribution in [0.4, 0.5) is 5.69 Å². The second kappa shape index (κ2) is 10.0. The Hall–Kier alpha value is -2.78. The predicted molar refractivity (Wildman–Crippen MR) is 118 cm³/mol. The average Bonchev–Trinajstić information content (AvgIpc) is 3.51. The number of hydrogen-bond donors (Lipinski definition) is 1. The maximum atomic E-state index is 12.6. The highest BCUT2D eigenvalue weighted by atomic mass is 32.2. The number of aryl methyl sites for hydroxylation is 1. The van der Waals surface area contributed by atoms with Crippen molar-refractivity contribution in [3.63, 3.8) is 0 Å². The number of carbonyl (C=O) groups is 1. The van der Waals surface area contributed by atoms with E-state index in [2.05, 4.69) is 15.5 Å². The summed E-state index contributed by atoms with van der Waals surface area (Å²) in [5.74, 6) is 2.23. The third kappa shape index (κ3) is 5.11. The monoisotopic (exact) mass is 442 g/mol. The maximum absolute atomic E-state index is 12.6. The molecule has 2 aromatic heterocycles. The summed E-state index contributed by atoms with van der Waals surface area (Å²) in [6.07, 6.45) is 3.82. The molecular formula is C22H26N4O4S. The fourth-order valence-electron chi connectivity index (χ4n) is 3.54. The van der Waals surface area contributed by atoms with E-state index in [4.69, 9.17) is 13.9 Å². The summed E-state index contributed by atoms with van der Waals surface area (Å²) in [5.41, 5.74) is 1.55. The number of rotatable bonds is 9. The van der Waals surface area contributed by atoms with Crippen molar-refractivity contribution in [1.29, 1.82) is 0 Å². The van der Waals surface area contributed by atoms with Crippen LogP contribution in [0, 0.1) is 6.92 Å². The summed E-state index contributed by atoms with van der Waals surface area (Å²) in [7, 11) is 0. The van der Waals surface area contributed by atoms with E-state index in [-0.39, 0.29) is 17.8 Å². The Bertz CT molecular complexity index is 1030. The minimum atomic E-state index is -0.134. The second-order valence-electron chi connectivity index (χ2n) is 7.21. The molecular weight excluding hydrogens is 416 g/mol. The van der Waals surface area contributed by atoms with E-state index in [1.807, 2.05) is 48.7 Å². The summed E-state index contributed by atoms with van der Waals surface area (Å²) in [6.45, 7) is 5.76. The lowest BCUT2D eigenvalue weighted by Crippen LogP contribution is -2.18. The molecule has 8 nitrogen and oxygen atoms in total. The van der Waals surface area contributed by atoms with Crippen molar-refractivity contribution in [2.75, 3.05) is 24.3 Å². The number of amides is 1. The van der Waals surface area contributed by atoms with Gasteiger partial charge in [0.1, 0.15) is 11.5 Å². The van der Waals surface area contributed by atoms with E-state index >= 15 is 0 Å². The summed E-state index contributed by atoms with van der Waals surface area (Å²) in [4.78, 5) is 12.6. The number of aromatic nitrogens is 3. The third-order valence-electron chi connectivity index (χ3n) is 5.02. The van der Waals surface area contributed by atoms with Crippen LogP contribution in [-0.2, 0) is 16.1 Å². The van der Waals surface area contributed by atoms with E-state index in [0.29, 0.717) is 29.7 Å². The van der Waals surface area contributed by atoms with Crippen molar-refractivity contribution < 1.29 is 18.7 Å². The molecule has 1 fully saturated rings. The molecule has 3 heterocycles. The topological polar surface area (TPSA) is 91.4 Å². The molecule has 0 saturated carbocycles. The number of furan rings is 1. The molecule has 0 unspecified atom stereocenters. The van der Waals surface area contributed by atoms with Gasteiger partial charge < -0.3 is 19.2 Å². The Labute approximate surface area is 185 Å². The molecule has 9 heteroatoms. The summed E-state index contributed by atoms with van der Waals surface area (Å²) >= 11 is 1.35. The predicted octanol–water partition coefficient (Wildman–Crippen LogP) is 4.16. The number of thioether (sulfide) groups is 1. The third-order valence-corrected chi connectivity index (χ3v) is 5.99. The quantitative estimate of drug-likeness (QED) is 0.498. The molecule has 0 spiro atoms. The summed E-state index contributed by atoms with van der Waals surface area (Å²) in [6, 6.07) is 9.29. The number of nitrogens with zero attached hydrogens (tertiary/aromatic N) is 3. The maximum Gasteiger partial charge on any atom is 0.234 e. The summed E-state index contributed by atoms with van der Waals surface area (Å²) < 4.78 is 18.9. The fraction of sp³-hybridized carbons (Fsp3) is 0.409. The van der Waals surface area contributed by atoms with Crippen LogP contribution in [-0.4, -0.2) is 45.7 Å². The minimum absolute atomic E-state index is 0.119. The summed E-state index contributed by atoms with van der Waals surface area (Å²) in [5, 5.41) is 12.3. The number of hydrogen-bond acceptors (Lipinski definition) is 7. The Morgan fingerprint density at radius 3 is 2.94 bits per heavy atom. The molecule has 0 bridgehead atoms. The molecule has 1 aromatic carbocycles. The zero-order chi connectivity index (χ0) is 21.6. The molecule has 1 aliphatic heterocycles. The van der Waals surface area contributed by atoms with Gasteiger partial charge in [0.15, 0.2) is 11.0 Å². The van der Waals surface area contributed by atoms with Crippen LogP contribution < -0.4 is 10.1 Å². The highest BCUT2D eigenvalue weighted by Crippen LogP contribution is 2.29. The molecule has 164 valence electrons. The van der Waals surface area contributed by atoms with Crippen LogP contribution >= 0.6 is 11.8 Å². The lowest BCUT2D eigenvalue weighted by molar-refractivity contribution is -0.113. The van der Waals surface area contributed by atoms with Crippen molar-refractivity contribution >= 4 is 23.4 Å². The average molecular weight is 443 g/mol. The standard InChI is InChI=1S/C22H26N4O4S/c1-3-28-19-9-5-4-8-18(19)23-20(27)14-31-22-25-24-21(17-10-12-29-15(17)2)26(22)13-16-7-6-11-30-16/h4-5,8-10,12,16H,3,6-7,11,13-14H2,1-2H3,(H,23,27)/t16-/m1/s1. The van der Waals surface area contributed by atoms with E-state index < -0.39 is 0 Å². The molecule has 0 aliphatic carbocycles. The van der Waals surface area contributed by atoms with Gasteiger partial charge in [0.05, 0.1) is 42.5 Å². The second-order valence-corrected chi connectivity index (χ2v) is 8.15. The number of carbonyl (C=O) groups excluding carboxylic acids is 1. The number of anilines is 1. The Morgan fingerprint density at radius 2 is 2.19 bits per heavy atom. The van der Waals surface area contributed by atoms with Crippen LogP contribution in [0.2, 0.25) is 0 Å². The SMILES string of the molecule is CCOc1ccccc1NC(=O)CSc1nnc(-c2ccoc2C)n1C[C@H]1CCCO1. The lowest BCUT2D eigenvalue weighted by atomic mass is 10.2. The van der Waals surface area contributed by atoms with Gasteiger partial charge in [-0.3, -0.25) is 9.36 Å². The van der Waals surface area contributed by atoms with Crippen LogP contribution in [0.3, 0.4) is 0 Å². The zero-order valence-corrected chi connectivity index (χ0v) is 18.5. The van der Waals surface area contributed by atoms with E-state index in [9.17, 15) is 4.79 Å². The van der Waals surface area contributed by atoms with Crippen molar-refractivity contribution in [3.05, 3.63) is 42.4 Å². The van der Waals surface area contributed by atoms with Crippen molar-refractivity contribution in [2.24, 2.45) is 0 Å². The molecule has 3 aromatic rings. The molecule has 1 saturated heterocycles. The molecule has 31 heavy (non-hydrogen) atoms. The van der Waals surface area contributed by atoms with Crippen LogP contribution in [0.15, 0.2) is 46.2 Å². The van der Waals surface area contributed by atoms with Gasteiger partial charge in [-0.05, 0) is 44.9 Å². The number of para-hydroxylation sites is 2. The van der Waals surface area contributed by atoms with Crippen molar-refractivity contribution in [1.82, 2.24) is 14.8 Å². The molecule has 1 amide bonds. The first kappa shape index (κ1) is 21.5. The van der Waals surface area contributed by atoms with E-state index in [1.165, 1.54) is 11.8 Å². The number of benzene rings is 1. The van der Waals surface area contributed by atoms with Gasteiger partial charge in [0.25, 0.3) is 0 Å². The molecule has 1 N–H and O–H groups in total. The van der Waals surface area contributed by atoms with Crippen LogP contribution in [0.1, 0.15) is 25.5 Å².